The zero-order valence-electron chi connectivity index (χ0n) is 14.3. The number of pyridine rings is 1. The summed E-state index contributed by atoms with van der Waals surface area (Å²) >= 11 is 0. The van der Waals surface area contributed by atoms with Crippen molar-refractivity contribution in [1.29, 1.82) is 0 Å². The van der Waals surface area contributed by atoms with Crippen LogP contribution in [0, 0.1) is 0 Å². The fourth-order valence-electron chi connectivity index (χ4n) is 2.81. The molecule has 2 amide bonds. The smallest absolute Gasteiger partial charge is 0.248 e. The van der Waals surface area contributed by atoms with Gasteiger partial charge in [-0.15, -0.1) is 0 Å². The van der Waals surface area contributed by atoms with Gasteiger partial charge in [0.2, 0.25) is 11.8 Å². The van der Waals surface area contributed by atoms with Gasteiger partial charge in [-0.3, -0.25) is 14.6 Å². The van der Waals surface area contributed by atoms with Gasteiger partial charge in [-0.05, 0) is 42.3 Å². The van der Waals surface area contributed by atoms with Crippen LogP contribution < -0.4 is 15.8 Å². The number of nitrogens with two attached hydrogens (primary N) is 1. The van der Waals surface area contributed by atoms with E-state index < -0.39 is 5.91 Å². The van der Waals surface area contributed by atoms with Gasteiger partial charge in [-0.2, -0.15) is 0 Å². The van der Waals surface area contributed by atoms with Gasteiger partial charge in [0.1, 0.15) is 11.9 Å². The molecule has 136 valence electrons. The van der Waals surface area contributed by atoms with Crippen LogP contribution in [0.1, 0.15) is 22.3 Å². The summed E-state index contributed by atoms with van der Waals surface area (Å²) in [7, 11) is 0. The predicted octanol–water partition coefficient (Wildman–Crippen LogP) is 1.08. The van der Waals surface area contributed by atoms with E-state index in [-0.39, 0.29) is 24.5 Å². The van der Waals surface area contributed by atoms with E-state index in [0.29, 0.717) is 30.9 Å². The van der Waals surface area contributed by atoms with Crippen LogP contribution in [0.4, 0.5) is 0 Å². The topological polar surface area (TPSA) is 104 Å². The Bertz CT molecular complexity index is 749. The molecule has 7 nitrogen and oxygen atoms in total. The van der Waals surface area contributed by atoms with Crippen molar-refractivity contribution in [2.75, 3.05) is 13.2 Å². The molecular formula is C19H21N3O4. The molecule has 2 heterocycles. The summed E-state index contributed by atoms with van der Waals surface area (Å²) in [5.74, 6) is 0.0256. The van der Waals surface area contributed by atoms with E-state index in [0.717, 1.165) is 5.56 Å². The monoisotopic (exact) mass is 355 g/mol. The fourth-order valence-corrected chi connectivity index (χ4v) is 2.81. The molecule has 1 aliphatic rings. The number of carbonyl (C=O) groups is 2. The lowest BCUT2D eigenvalue weighted by atomic mass is 10.1. The second-order valence-electron chi connectivity index (χ2n) is 6.12. The summed E-state index contributed by atoms with van der Waals surface area (Å²) in [5.41, 5.74) is 6.51. The van der Waals surface area contributed by atoms with Gasteiger partial charge in [0.25, 0.3) is 0 Å². The van der Waals surface area contributed by atoms with E-state index in [4.69, 9.17) is 15.2 Å². The van der Waals surface area contributed by atoms with Crippen molar-refractivity contribution in [3.63, 3.8) is 0 Å². The first-order valence-corrected chi connectivity index (χ1v) is 8.44. The number of nitrogens with one attached hydrogen (secondary N) is 1. The maximum Gasteiger partial charge on any atom is 0.248 e. The Morgan fingerprint density at radius 3 is 2.77 bits per heavy atom. The molecule has 0 spiro atoms. The molecule has 1 aromatic heterocycles. The van der Waals surface area contributed by atoms with Gasteiger partial charge < -0.3 is 20.5 Å². The van der Waals surface area contributed by atoms with Crippen LogP contribution in [0.3, 0.4) is 0 Å². The molecule has 0 bridgehead atoms. The Morgan fingerprint density at radius 1 is 1.27 bits per heavy atom. The lowest BCUT2D eigenvalue weighted by Crippen LogP contribution is -2.51. The number of nitrogens with zero attached hydrogens (tertiary/aromatic N) is 1. The minimum atomic E-state index is -0.488. The molecule has 26 heavy (non-hydrogen) atoms. The van der Waals surface area contributed by atoms with E-state index in [2.05, 4.69) is 10.3 Å². The van der Waals surface area contributed by atoms with Crippen molar-refractivity contribution >= 4 is 11.8 Å². The van der Waals surface area contributed by atoms with Crippen LogP contribution in [-0.4, -0.2) is 42.2 Å². The maximum atomic E-state index is 12.3. The van der Waals surface area contributed by atoms with Crippen molar-refractivity contribution in [3.8, 4) is 5.75 Å². The molecule has 7 heteroatoms. The standard InChI is InChI=1S/C19H21N3O4/c20-19(24)14-3-5-15(6-4-14)26-17-12-25-9-7-16(17)22-18(23)10-13-2-1-8-21-11-13/h1-6,8,11,16-17H,7,9-10,12H2,(H2,20,24)(H,22,23)/t16-,17-/m1/s1. The van der Waals surface area contributed by atoms with Gasteiger partial charge in [0, 0.05) is 24.6 Å². The first-order valence-electron chi connectivity index (χ1n) is 8.44. The van der Waals surface area contributed by atoms with Crippen molar-refractivity contribution in [2.45, 2.75) is 25.0 Å². The van der Waals surface area contributed by atoms with Gasteiger partial charge in [-0.25, -0.2) is 0 Å². The third-order valence-corrected chi connectivity index (χ3v) is 4.16. The summed E-state index contributed by atoms with van der Waals surface area (Å²) in [4.78, 5) is 27.5. The quantitative estimate of drug-likeness (QED) is 0.807. The molecule has 0 radical (unpaired) electrons. The Labute approximate surface area is 151 Å². The summed E-state index contributed by atoms with van der Waals surface area (Å²) in [5, 5.41) is 3.02. The molecule has 2 aromatic rings. The van der Waals surface area contributed by atoms with Crippen molar-refractivity contribution < 1.29 is 19.1 Å². The molecule has 3 rings (SSSR count). The summed E-state index contributed by atoms with van der Waals surface area (Å²) in [6.07, 6.45) is 3.99. The minimum absolute atomic E-state index is 0.0809. The average Bonchev–Trinajstić information content (AvgIpc) is 2.64. The molecule has 0 aliphatic carbocycles. The highest BCUT2D eigenvalue weighted by Gasteiger charge is 2.29. The Morgan fingerprint density at radius 2 is 2.08 bits per heavy atom. The molecule has 1 aromatic carbocycles. The highest BCUT2D eigenvalue weighted by atomic mass is 16.5. The van der Waals surface area contributed by atoms with E-state index in [1.54, 1.807) is 42.7 Å². The number of primary amides is 1. The maximum absolute atomic E-state index is 12.3. The van der Waals surface area contributed by atoms with E-state index >= 15 is 0 Å². The summed E-state index contributed by atoms with van der Waals surface area (Å²) in [6, 6.07) is 10.1. The summed E-state index contributed by atoms with van der Waals surface area (Å²) < 4.78 is 11.4. The highest BCUT2D eigenvalue weighted by Crippen LogP contribution is 2.18. The van der Waals surface area contributed by atoms with Crippen LogP contribution in [0.15, 0.2) is 48.8 Å². The lowest BCUT2D eigenvalue weighted by molar-refractivity contribution is -0.123. The first-order chi connectivity index (χ1) is 12.6. The number of aromatic nitrogens is 1. The second kappa shape index (κ2) is 8.44. The molecular weight excluding hydrogens is 334 g/mol. The largest absolute Gasteiger partial charge is 0.486 e. The van der Waals surface area contributed by atoms with Crippen LogP contribution in [0.25, 0.3) is 0 Å². The van der Waals surface area contributed by atoms with Gasteiger partial charge in [0.15, 0.2) is 0 Å². The number of benzene rings is 1. The average molecular weight is 355 g/mol. The lowest BCUT2D eigenvalue weighted by Gasteiger charge is -2.32. The first kappa shape index (κ1) is 17.9. The molecule has 0 unspecified atom stereocenters. The predicted molar refractivity (Wildman–Crippen MR) is 94.7 cm³/mol. The molecule has 0 saturated carbocycles. The number of ether oxygens (including phenoxy) is 2. The van der Waals surface area contributed by atoms with Crippen molar-refractivity contribution in [1.82, 2.24) is 10.3 Å². The fraction of sp³-hybridized carbons (Fsp3) is 0.316. The van der Waals surface area contributed by atoms with Crippen molar-refractivity contribution in [3.05, 3.63) is 59.9 Å². The number of hydrogen-bond donors (Lipinski definition) is 2. The SMILES string of the molecule is NC(=O)c1ccc(O[C@@H]2COCC[C@H]2NC(=O)Cc2cccnc2)cc1. The zero-order chi connectivity index (χ0) is 18.4. The third-order valence-electron chi connectivity index (χ3n) is 4.16. The highest BCUT2D eigenvalue weighted by molar-refractivity contribution is 5.92. The van der Waals surface area contributed by atoms with Crippen LogP contribution in [0.2, 0.25) is 0 Å². The number of carbonyl (C=O) groups excluding carboxylic acids is 2. The Hall–Kier alpha value is -2.93. The Kier molecular flexibility index (Phi) is 5.80. The van der Waals surface area contributed by atoms with Crippen LogP contribution >= 0.6 is 0 Å². The van der Waals surface area contributed by atoms with E-state index in [1.165, 1.54) is 0 Å². The molecule has 3 N–H and O–H groups in total. The zero-order valence-corrected chi connectivity index (χ0v) is 14.3. The van der Waals surface area contributed by atoms with Gasteiger partial charge >= 0.3 is 0 Å². The normalized spacial score (nSPS) is 19.5. The molecule has 1 saturated heterocycles. The number of amides is 2. The van der Waals surface area contributed by atoms with E-state index in [9.17, 15) is 9.59 Å². The molecule has 1 fully saturated rings. The van der Waals surface area contributed by atoms with Gasteiger partial charge in [-0.1, -0.05) is 6.07 Å². The van der Waals surface area contributed by atoms with Crippen LogP contribution in [-0.2, 0) is 16.0 Å². The number of hydrogen-bond acceptors (Lipinski definition) is 5. The summed E-state index contributed by atoms with van der Waals surface area (Å²) in [6.45, 7) is 0.952. The Balaban J connectivity index is 1.60. The van der Waals surface area contributed by atoms with Crippen molar-refractivity contribution in [2.24, 2.45) is 5.73 Å². The van der Waals surface area contributed by atoms with E-state index in [1.807, 2.05) is 6.07 Å². The number of rotatable bonds is 6. The third kappa shape index (κ3) is 4.80. The van der Waals surface area contributed by atoms with Crippen LogP contribution in [0.5, 0.6) is 5.75 Å². The van der Waals surface area contributed by atoms with Gasteiger partial charge in [0.05, 0.1) is 19.1 Å². The minimum Gasteiger partial charge on any atom is -0.486 e. The molecule has 1 aliphatic heterocycles. The molecule has 2 atom stereocenters. The second-order valence-corrected chi connectivity index (χ2v) is 6.12.